The summed E-state index contributed by atoms with van der Waals surface area (Å²) in [7, 11) is 1.59. The van der Waals surface area contributed by atoms with Crippen molar-refractivity contribution in [2.45, 2.75) is 0 Å². The smallest absolute Gasteiger partial charge is 0.221 e. The molecule has 0 spiro atoms. The number of hydrogen-bond acceptors (Lipinski definition) is 2. The van der Waals surface area contributed by atoms with E-state index in [9.17, 15) is 0 Å². The highest BCUT2D eigenvalue weighted by atomic mass is 79.9. The van der Waals surface area contributed by atoms with Crippen molar-refractivity contribution in [2.75, 3.05) is 7.11 Å². The van der Waals surface area contributed by atoms with Crippen LogP contribution in [0.25, 0.3) is 10.9 Å². The second-order valence-electron chi connectivity index (χ2n) is 2.61. The largest absolute Gasteiger partial charge is 0.481 e. The molecule has 2 aromatic rings. The lowest BCUT2D eigenvalue weighted by Gasteiger charge is -2.00. The van der Waals surface area contributed by atoms with Crippen LogP contribution in [0.5, 0.6) is 5.88 Å². The molecule has 1 radical (unpaired) electrons. The van der Waals surface area contributed by atoms with Crippen molar-refractivity contribution >= 4 is 26.8 Å². The summed E-state index contributed by atoms with van der Waals surface area (Å²) in [6, 6.07) is 10.7. The van der Waals surface area contributed by atoms with Gasteiger partial charge in [0.1, 0.15) is 0 Å². The van der Waals surface area contributed by atoms with Crippen molar-refractivity contribution in [1.29, 1.82) is 0 Å². The third kappa shape index (κ3) is 1.65. The van der Waals surface area contributed by atoms with Gasteiger partial charge in [-0.3, -0.25) is 0 Å². The van der Waals surface area contributed by atoms with Gasteiger partial charge in [-0.15, -0.1) is 0 Å². The maximum atomic E-state index is 4.97. The molecule has 0 fully saturated rings. The molecule has 13 heavy (non-hydrogen) atoms. The first-order valence-corrected chi connectivity index (χ1v) is 4.61. The Balaban J connectivity index is 2.66. The van der Waals surface area contributed by atoms with Crippen molar-refractivity contribution in [3.63, 3.8) is 0 Å². The molecule has 0 atom stereocenters. The van der Waals surface area contributed by atoms with E-state index in [-0.39, 0.29) is 0 Å². The van der Waals surface area contributed by atoms with E-state index in [0.717, 1.165) is 15.4 Å². The lowest BCUT2D eigenvalue weighted by molar-refractivity contribution is 0.398. The van der Waals surface area contributed by atoms with Crippen LogP contribution in [0.1, 0.15) is 0 Å². The minimum absolute atomic E-state index is 0.523. The van der Waals surface area contributed by atoms with Gasteiger partial charge in [0.2, 0.25) is 5.88 Å². The summed E-state index contributed by atoms with van der Waals surface area (Å²) < 4.78 is 6.02. The fraction of sp³-hybridized carbons (Fsp3) is 0.100. The van der Waals surface area contributed by atoms with Crippen LogP contribution >= 0.6 is 15.9 Å². The van der Waals surface area contributed by atoms with Crippen LogP contribution < -0.4 is 4.74 Å². The summed E-state index contributed by atoms with van der Waals surface area (Å²) in [6.45, 7) is 0. The van der Waals surface area contributed by atoms with E-state index < -0.39 is 0 Å². The summed E-state index contributed by atoms with van der Waals surface area (Å²) in [5, 5.41) is 1.05. The Hall–Kier alpha value is -1.09. The molecule has 0 saturated carbocycles. The van der Waals surface area contributed by atoms with Gasteiger partial charge in [0.15, 0.2) is 0 Å². The molecule has 0 N–H and O–H groups in total. The van der Waals surface area contributed by atoms with Gasteiger partial charge in [-0.05, 0) is 24.3 Å². The standard InChI is InChI=1S/C10H7BrNO/c1-13-10-5-2-7-6-8(11)3-4-9(7)12-10/h2-4,6H,1H3. The van der Waals surface area contributed by atoms with Crippen molar-refractivity contribution in [3.8, 4) is 5.88 Å². The molecule has 0 aliphatic carbocycles. The van der Waals surface area contributed by atoms with E-state index in [1.807, 2.05) is 24.3 Å². The number of ether oxygens (including phenoxy) is 1. The number of methoxy groups -OCH3 is 1. The Kier molecular flexibility index (Phi) is 2.19. The van der Waals surface area contributed by atoms with E-state index in [2.05, 4.69) is 27.0 Å². The third-order valence-electron chi connectivity index (χ3n) is 1.76. The molecule has 1 heterocycles. The van der Waals surface area contributed by atoms with E-state index in [1.165, 1.54) is 0 Å². The number of fused-ring (bicyclic) bond motifs is 1. The topological polar surface area (TPSA) is 22.1 Å². The maximum absolute atomic E-state index is 4.97. The lowest BCUT2D eigenvalue weighted by Crippen LogP contribution is -1.87. The van der Waals surface area contributed by atoms with Crippen LogP contribution in [0.15, 0.2) is 28.7 Å². The minimum Gasteiger partial charge on any atom is -0.481 e. The SMILES string of the molecule is COc1[c]cc2cc(Br)ccc2n1. The van der Waals surface area contributed by atoms with Crippen LogP contribution in [0.2, 0.25) is 0 Å². The molecular formula is C10H7BrNO. The van der Waals surface area contributed by atoms with Gasteiger partial charge in [-0.1, -0.05) is 15.9 Å². The summed E-state index contributed by atoms with van der Waals surface area (Å²) in [4.78, 5) is 4.24. The Morgan fingerprint density at radius 2 is 2.31 bits per heavy atom. The molecule has 1 aromatic heterocycles. The van der Waals surface area contributed by atoms with Gasteiger partial charge in [0, 0.05) is 9.86 Å². The second-order valence-corrected chi connectivity index (χ2v) is 3.53. The number of hydrogen-bond donors (Lipinski definition) is 0. The minimum atomic E-state index is 0.523. The van der Waals surface area contributed by atoms with Crippen molar-refractivity contribution in [2.24, 2.45) is 0 Å². The molecule has 1 aromatic carbocycles. The Morgan fingerprint density at radius 1 is 1.46 bits per heavy atom. The van der Waals surface area contributed by atoms with E-state index >= 15 is 0 Å². The maximum Gasteiger partial charge on any atom is 0.221 e. The van der Waals surface area contributed by atoms with Crippen LogP contribution in [-0.4, -0.2) is 12.1 Å². The first-order valence-electron chi connectivity index (χ1n) is 3.81. The van der Waals surface area contributed by atoms with Crippen LogP contribution in [-0.2, 0) is 0 Å². The first kappa shape index (κ1) is 8.51. The third-order valence-corrected chi connectivity index (χ3v) is 2.25. The van der Waals surface area contributed by atoms with E-state index in [1.54, 1.807) is 7.11 Å². The molecule has 3 heteroatoms. The number of benzene rings is 1. The highest BCUT2D eigenvalue weighted by Crippen LogP contribution is 2.20. The Morgan fingerprint density at radius 3 is 3.08 bits per heavy atom. The predicted molar refractivity (Wildman–Crippen MR) is 54.8 cm³/mol. The summed E-state index contributed by atoms with van der Waals surface area (Å²) in [6.07, 6.45) is 0. The van der Waals surface area contributed by atoms with Gasteiger partial charge in [0.25, 0.3) is 0 Å². The first-order chi connectivity index (χ1) is 6.29. The van der Waals surface area contributed by atoms with Crippen LogP contribution in [0.3, 0.4) is 0 Å². The molecule has 2 rings (SSSR count). The van der Waals surface area contributed by atoms with Gasteiger partial charge in [-0.25, -0.2) is 4.98 Å². The van der Waals surface area contributed by atoms with Crippen molar-refractivity contribution in [1.82, 2.24) is 4.98 Å². The quantitative estimate of drug-likeness (QED) is 0.760. The average molecular weight is 237 g/mol. The van der Waals surface area contributed by atoms with Crippen LogP contribution in [0, 0.1) is 6.07 Å². The fourth-order valence-electron chi connectivity index (χ4n) is 1.13. The zero-order chi connectivity index (χ0) is 9.26. The molecule has 0 bridgehead atoms. The van der Waals surface area contributed by atoms with Crippen LogP contribution in [0.4, 0.5) is 0 Å². The molecule has 0 aliphatic rings. The summed E-state index contributed by atoms with van der Waals surface area (Å²) in [5.41, 5.74) is 0.916. The number of aromatic nitrogens is 1. The predicted octanol–water partition coefficient (Wildman–Crippen LogP) is 2.81. The zero-order valence-electron chi connectivity index (χ0n) is 7.04. The highest BCUT2D eigenvalue weighted by molar-refractivity contribution is 9.10. The molecule has 0 amide bonds. The summed E-state index contributed by atoms with van der Waals surface area (Å²) >= 11 is 3.40. The molecule has 65 valence electrons. The molecule has 0 unspecified atom stereocenters. The number of pyridine rings is 1. The highest BCUT2D eigenvalue weighted by Gasteiger charge is 1.98. The lowest BCUT2D eigenvalue weighted by atomic mass is 10.2. The van der Waals surface area contributed by atoms with Gasteiger partial charge in [0.05, 0.1) is 18.7 Å². The van der Waals surface area contributed by atoms with Gasteiger partial charge in [-0.2, -0.15) is 0 Å². The summed E-state index contributed by atoms with van der Waals surface area (Å²) in [5.74, 6) is 0.523. The molecule has 0 aliphatic heterocycles. The molecule has 0 saturated heterocycles. The number of halogens is 1. The Bertz CT molecular complexity index is 442. The van der Waals surface area contributed by atoms with Crippen molar-refractivity contribution in [3.05, 3.63) is 34.8 Å². The zero-order valence-corrected chi connectivity index (χ0v) is 8.63. The normalized spacial score (nSPS) is 10.3. The van der Waals surface area contributed by atoms with Crippen molar-refractivity contribution < 1.29 is 4.74 Å². The number of rotatable bonds is 1. The fourth-order valence-corrected chi connectivity index (χ4v) is 1.51. The molecule has 2 nitrogen and oxygen atoms in total. The monoisotopic (exact) mass is 236 g/mol. The van der Waals surface area contributed by atoms with E-state index in [0.29, 0.717) is 5.88 Å². The number of nitrogens with zero attached hydrogens (tertiary/aromatic N) is 1. The molecular weight excluding hydrogens is 230 g/mol. The Labute approximate surface area is 84.7 Å². The average Bonchev–Trinajstić information content (AvgIpc) is 2.17. The van der Waals surface area contributed by atoms with Gasteiger partial charge < -0.3 is 4.74 Å². The van der Waals surface area contributed by atoms with Gasteiger partial charge >= 0.3 is 0 Å². The van der Waals surface area contributed by atoms with E-state index in [4.69, 9.17) is 4.74 Å². The second kappa shape index (κ2) is 3.34.